The first-order chi connectivity index (χ1) is 15.6. The first kappa shape index (κ1) is 24.6. The first-order valence-electron chi connectivity index (χ1n) is 11.3. The van der Waals surface area contributed by atoms with Crippen LogP contribution in [0.3, 0.4) is 0 Å². The molecule has 2 aliphatic rings. The lowest BCUT2D eigenvalue weighted by Gasteiger charge is -2.37. The van der Waals surface area contributed by atoms with Crippen LogP contribution >= 0.6 is 0 Å². The number of urea groups is 1. The molecule has 0 radical (unpaired) electrons. The lowest BCUT2D eigenvalue weighted by molar-refractivity contribution is -0.139. The van der Waals surface area contributed by atoms with E-state index in [2.05, 4.69) is 15.5 Å². The van der Waals surface area contributed by atoms with Gasteiger partial charge in [-0.25, -0.2) is 14.4 Å². The normalized spacial score (nSPS) is 19.6. The third kappa shape index (κ3) is 6.47. The Hall–Kier alpha value is -3.07. The number of hydrogen-bond donors (Lipinski definition) is 2. The summed E-state index contributed by atoms with van der Waals surface area (Å²) in [5, 5.41) is 5.67. The van der Waals surface area contributed by atoms with Crippen molar-refractivity contribution in [3.63, 3.8) is 0 Å². The minimum absolute atomic E-state index is 0.235. The molecule has 1 aromatic rings. The van der Waals surface area contributed by atoms with Gasteiger partial charge in [0.15, 0.2) is 0 Å². The maximum Gasteiger partial charge on any atom is 0.410 e. The number of aryl methyl sites for hydroxylation is 1. The highest BCUT2D eigenvalue weighted by Crippen LogP contribution is 2.28. The van der Waals surface area contributed by atoms with Crippen molar-refractivity contribution in [2.24, 2.45) is 0 Å². The predicted octanol–water partition coefficient (Wildman–Crippen LogP) is 2.72. The molecule has 0 spiro atoms. The lowest BCUT2D eigenvalue weighted by Crippen LogP contribution is -2.53. The number of piperazine rings is 1. The topological polar surface area (TPSA) is 100 Å². The van der Waals surface area contributed by atoms with Crippen molar-refractivity contribution in [2.45, 2.75) is 46.3 Å². The molecule has 2 heterocycles. The second-order valence-electron chi connectivity index (χ2n) is 9.30. The van der Waals surface area contributed by atoms with Crippen molar-refractivity contribution in [1.29, 1.82) is 0 Å². The molecule has 1 saturated heterocycles. The number of rotatable bonds is 5. The molecule has 0 aromatic heterocycles. The quantitative estimate of drug-likeness (QED) is 0.658. The van der Waals surface area contributed by atoms with Crippen LogP contribution in [0.15, 0.2) is 35.5 Å². The molecule has 0 aliphatic carbocycles. The summed E-state index contributed by atoms with van der Waals surface area (Å²) in [6.07, 6.45) is -0.330. The fourth-order valence-electron chi connectivity index (χ4n) is 3.84. The van der Waals surface area contributed by atoms with Crippen LogP contribution in [0, 0.1) is 6.92 Å². The molecule has 33 heavy (non-hydrogen) atoms. The zero-order chi connectivity index (χ0) is 24.2. The van der Waals surface area contributed by atoms with E-state index in [1.165, 1.54) is 0 Å². The summed E-state index contributed by atoms with van der Waals surface area (Å²) in [6, 6.07) is 6.74. The number of amides is 3. The van der Waals surface area contributed by atoms with E-state index < -0.39 is 17.6 Å². The lowest BCUT2D eigenvalue weighted by atomic mass is 9.94. The number of hydrogen-bond acceptors (Lipinski definition) is 6. The van der Waals surface area contributed by atoms with Gasteiger partial charge in [0.05, 0.1) is 18.2 Å². The van der Waals surface area contributed by atoms with E-state index in [1.807, 2.05) is 52.0 Å². The van der Waals surface area contributed by atoms with E-state index in [0.717, 1.165) is 11.1 Å². The van der Waals surface area contributed by atoms with Gasteiger partial charge in [0.2, 0.25) is 0 Å². The average molecular weight is 459 g/mol. The monoisotopic (exact) mass is 458 g/mol. The zero-order valence-electron chi connectivity index (χ0n) is 20.1. The van der Waals surface area contributed by atoms with Crippen molar-refractivity contribution in [3.8, 4) is 0 Å². The Balaban J connectivity index is 1.79. The van der Waals surface area contributed by atoms with E-state index in [-0.39, 0.29) is 18.7 Å². The number of nitrogens with zero attached hydrogens (tertiary/aromatic N) is 2. The number of carbonyl (C=O) groups is 3. The molecule has 1 atom stereocenters. The number of nitrogens with one attached hydrogen (secondary N) is 2. The molecule has 0 saturated carbocycles. The van der Waals surface area contributed by atoms with Crippen LogP contribution in [-0.4, -0.2) is 72.8 Å². The second-order valence-corrected chi connectivity index (χ2v) is 9.30. The Morgan fingerprint density at radius 3 is 2.30 bits per heavy atom. The molecular formula is C24H34N4O5. The summed E-state index contributed by atoms with van der Waals surface area (Å²) in [4.78, 5) is 41.5. The molecule has 3 rings (SSSR count). The number of ether oxygens (including phenoxy) is 2. The van der Waals surface area contributed by atoms with Crippen LogP contribution in [0.25, 0.3) is 0 Å². The van der Waals surface area contributed by atoms with Crippen molar-refractivity contribution in [1.82, 2.24) is 20.4 Å². The molecule has 2 aliphatic heterocycles. The summed E-state index contributed by atoms with van der Waals surface area (Å²) < 4.78 is 10.8. The van der Waals surface area contributed by atoms with E-state index in [4.69, 9.17) is 9.47 Å². The Morgan fingerprint density at radius 1 is 1.09 bits per heavy atom. The Labute approximate surface area is 195 Å². The summed E-state index contributed by atoms with van der Waals surface area (Å²) in [5.41, 5.74) is 2.27. The summed E-state index contributed by atoms with van der Waals surface area (Å²) in [7, 11) is 0. The number of benzene rings is 1. The third-order valence-electron chi connectivity index (χ3n) is 5.47. The number of carbonyl (C=O) groups excluding carboxylic acids is 3. The molecule has 0 unspecified atom stereocenters. The molecule has 2 N–H and O–H groups in total. The van der Waals surface area contributed by atoms with Gasteiger partial charge in [-0.3, -0.25) is 4.90 Å². The predicted molar refractivity (Wildman–Crippen MR) is 123 cm³/mol. The van der Waals surface area contributed by atoms with Gasteiger partial charge in [-0.15, -0.1) is 0 Å². The van der Waals surface area contributed by atoms with Gasteiger partial charge in [0.1, 0.15) is 5.60 Å². The van der Waals surface area contributed by atoms with Crippen molar-refractivity contribution >= 4 is 18.1 Å². The highest BCUT2D eigenvalue weighted by molar-refractivity contribution is 5.95. The van der Waals surface area contributed by atoms with Crippen LogP contribution < -0.4 is 10.6 Å². The minimum atomic E-state index is -0.601. The van der Waals surface area contributed by atoms with E-state index in [9.17, 15) is 14.4 Å². The standard InChI is InChI=1S/C24H34N4O5/c1-6-32-21(29)19-18(25-22(30)26-20(19)17-9-7-16(2)8-10-17)15-27-11-13-28(14-12-27)23(31)33-24(3,4)5/h7-10,20H,6,11-15H2,1-5H3,(H2,25,26,30)/t20-/m0/s1. The third-order valence-corrected chi connectivity index (χ3v) is 5.47. The van der Waals surface area contributed by atoms with E-state index in [1.54, 1.807) is 11.8 Å². The summed E-state index contributed by atoms with van der Waals surface area (Å²) in [5.74, 6) is -0.460. The SMILES string of the molecule is CCOC(=O)C1=C(CN2CCN(C(=O)OC(C)(C)C)CC2)NC(=O)N[C@H]1c1ccc(C)cc1. The molecule has 9 nitrogen and oxygen atoms in total. The molecule has 180 valence electrons. The highest BCUT2D eigenvalue weighted by atomic mass is 16.6. The van der Waals surface area contributed by atoms with Gasteiger partial charge in [0.25, 0.3) is 0 Å². The van der Waals surface area contributed by atoms with Gasteiger partial charge < -0.3 is 25.0 Å². The Kier molecular flexibility index (Phi) is 7.63. The maximum atomic E-state index is 12.9. The summed E-state index contributed by atoms with van der Waals surface area (Å²) >= 11 is 0. The molecule has 3 amide bonds. The van der Waals surface area contributed by atoms with Crippen LogP contribution in [0.2, 0.25) is 0 Å². The smallest absolute Gasteiger partial charge is 0.410 e. The molecule has 9 heteroatoms. The van der Waals surface area contributed by atoms with Crippen molar-refractivity contribution in [2.75, 3.05) is 39.3 Å². The first-order valence-corrected chi connectivity index (χ1v) is 11.3. The maximum absolute atomic E-state index is 12.9. The molecular weight excluding hydrogens is 424 g/mol. The Bertz CT molecular complexity index is 912. The van der Waals surface area contributed by atoms with Crippen LogP contribution in [-0.2, 0) is 14.3 Å². The van der Waals surface area contributed by atoms with Gasteiger partial charge >= 0.3 is 18.1 Å². The van der Waals surface area contributed by atoms with E-state index >= 15 is 0 Å². The van der Waals surface area contributed by atoms with Gasteiger partial charge in [-0.1, -0.05) is 29.8 Å². The molecule has 1 fully saturated rings. The number of esters is 1. The fraction of sp³-hybridized carbons (Fsp3) is 0.542. The van der Waals surface area contributed by atoms with Gasteiger partial charge in [-0.05, 0) is 40.2 Å². The largest absolute Gasteiger partial charge is 0.463 e. The molecule has 1 aromatic carbocycles. The Morgan fingerprint density at radius 2 is 1.73 bits per heavy atom. The van der Waals surface area contributed by atoms with Gasteiger partial charge in [0, 0.05) is 38.4 Å². The van der Waals surface area contributed by atoms with Crippen LogP contribution in [0.4, 0.5) is 9.59 Å². The summed E-state index contributed by atoms with van der Waals surface area (Å²) in [6.45, 7) is 12.1. The average Bonchev–Trinajstić information content (AvgIpc) is 2.73. The van der Waals surface area contributed by atoms with Gasteiger partial charge in [-0.2, -0.15) is 0 Å². The second kappa shape index (κ2) is 10.2. The van der Waals surface area contributed by atoms with E-state index in [0.29, 0.717) is 44.0 Å². The van der Waals surface area contributed by atoms with Crippen LogP contribution in [0.5, 0.6) is 0 Å². The minimum Gasteiger partial charge on any atom is -0.463 e. The fourth-order valence-corrected chi connectivity index (χ4v) is 3.84. The zero-order valence-corrected chi connectivity index (χ0v) is 20.1. The van der Waals surface area contributed by atoms with Crippen LogP contribution in [0.1, 0.15) is 44.9 Å². The van der Waals surface area contributed by atoms with Crippen molar-refractivity contribution in [3.05, 3.63) is 46.7 Å². The molecule has 0 bridgehead atoms. The van der Waals surface area contributed by atoms with Crippen molar-refractivity contribution < 1.29 is 23.9 Å². The highest BCUT2D eigenvalue weighted by Gasteiger charge is 2.35.